The fraction of sp³-hybridized carbons (Fsp3) is 0.400. The number of hydrogen-bond acceptors (Lipinski definition) is 4. The first-order valence-electron chi connectivity index (χ1n) is 2.87. The maximum atomic E-state index is 11.1. The average Bonchev–Trinajstić information content (AvgIpc) is 2.16. The number of sulfone groups is 1. The molecule has 0 saturated carbocycles. The van der Waals surface area contributed by atoms with Crippen molar-refractivity contribution in [1.29, 1.82) is 0 Å². The zero-order valence-electron chi connectivity index (χ0n) is 5.49. The van der Waals surface area contributed by atoms with E-state index in [0.717, 1.165) is 0 Å². The number of rotatable bonds is 2. The molecule has 6 heteroatoms. The molecule has 1 aliphatic heterocycles. The highest BCUT2D eigenvalue weighted by molar-refractivity contribution is 9.21. The number of aliphatic hydroxyl groups is 1. The summed E-state index contributed by atoms with van der Waals surface area (Å²) in [4.78, 5) is 3.72. The molecule has 0 unspecified atom stereocenters. The number of nitrogens with zero attached hydrogens (tertiary/aromatic N) is 1. The van der Waals surface area contributed by atoms with Crippen molar-refractivity contribution in [2.24, 2.45) is 4.99 Å². The number of aliphatic imine (C=N–C) groups is 1. The summed E-state index contributed by atoms with van der Waals surface area (Å²) in [6.07, 6.45) is 1.37. The van der Waals surface area contributed by atoms with Gasteiger partial charge in [0.25, 0.3) is 0 Å². The Morgan fingerprint density at radius 2 is 2.27 bits per heavy atom. The van der Waals surface area contributed by atoms with Crippen LogP contribution in [0.2, 0.25) is 0 Å². The van der Waals surface area contributed by atoms with Crippen molar-refractivity contribution in [3.05, 3.63) is 11.1 Å². The molecule has 0 radical (unpaired) electrons. The summed E-state index contributed by atoms with van der Waals surface area (Å²) < 4.78 is 22.2. The van der Waals surface area contributed by atoms with Gasteiger partial charge in [0.05, 0.1) is 4.91 Å². The molecule has 1 aliphatic rings. The number of halogens is 1. The van der Waals surface area contributed by atoms with Crippen LogP contribution in [0.5, 0.6) is 0 Å². The van der Waals surface area contributed by atoms with E-state index in [4.69, 9.17) is 5.11 Å². The quantitative estimate of drug-likeness (QED) is 0.759. The Morgan fingerprint density at radius 1 is 1.64 bits per heavy atom. The van der Waals surface area contributed by atoms with Gasteiger partial charge >= 0.3 is 0 Å². The molecular weight excluding hydrogens is 234 g/mol. The van der Waals surface area contributed by atoms with Crippen molar-refractivity contribution in [1.82, 2.24) is 0 Å². The summed E-state index contributed by atoms with van der Waals surface area (Å²) in [5.41, 5.74) is 0. The first kappa shape index (κ1) is 8.89. The third kappa shape index (κ3) is 1.52. The normalized spacial score (nSPS) is 21.3. The minimum atomic E-state index is -3.36. The molecule has 1 heterocycles. The molecule has 11 heavy (non-hydrogen) atoms. The highest BCUT2D eigenvalue weighted by atomic mass is 79.9. The molecule has 0 spiro atoms. The molecule has 0 saturated heterocycles. The monoisotopic (exact) mass is 239 g/mol. The molecule has 1 N–H and O–H groups in total. The fourth-order valence-electron chi connectivity index (χ4n) is 0.679. The van der Waals surface area contributed by atoms with E-state index in [9.17, 15) is 8.42 Å². The molecule has 0 atom stereocenters. The second kappa shape index (κ2) is 3.04. The lowest BCUT2D eigenvalue weighted by molar-refractivity contribution is 0.301. The lowest BCUT2D eigenvalue weighted by Gasteiger charge is -1.96. The number of hydrogen-bond donors (Lipinski definition) is 1. The molecule has 0 bridgehead atoms. The standard InChI is InChI=1S/C5H6BrNO3S/c6-5-7-3-4(1-2-8)11(5,9)10/h3,8H,1-2H2. The van der Waals surface area contributed by atoms with Crippen LogP contribution >= 0.6 is 15.9 Å². The SMILES string of the molecule is O=S1(=O)C(CCO)=CN=C1Br. The Balaban J connectivity index is 2.93. The van der Waals surface area contributed by atoms with E-state index in [0.29, 0.717) is 0 Å². The largest absolute Gasteiger partial charge is 0.396 e. The maximum Gasteiger partial charge on any atom is 0.228 e. The van der Waals surface area contributed by atoms with Gasteiger partial charge < -0.3 is 5.11 Å². The first-order chi connectivity index (χ1) is 5.09. The van der Waals surface area contributed by atoms with E-state index in [1.54, 1.807) is 0 Å². The molecule has 62 valence electrons. The summed E-state index contributed by atoms with van der Waals surface area (Å²) in [6.45, 7) is -0.180. The second-order valence-corrected chi connectivity index (χ2v) is 5.15. The Kier molecular flexibility index (Phi) is 2.46. The molecule has 0 aromatic rings. The molecule has 0 aliphatic carbocycles. The molecular formula is C5H6BrNO3S. The Labute approximate surface area is 72.7 Å². The minimum Gasteiger partial charge on any atom is -0.396 e. The molecule has 0 aromatic carbocycles. The smallest absolute Gasteiger partial charge is 0.228 e. The zero-order chi connectivity index (χ0) is 8.48. The average molecular weight is 240 g/mol. The Morgan fingerprint density at radius 3 is 2.64 bits per heavy atom. The van der Waals surface area contributed by atoms with Gasteiger partial charge in [-0.05, 0) is 15.9 Å². The van der Waals surface area contributed by atoms with E-state index >= 15 is 0 Å². The van der Waals surface area contributed by atoms with Gasteiger partial charge in [0.2, 0.25) is 13.8 Å². The van der Waals surface area contributed by atoms with Crippen molar-refractivity contribution < 1.29 is 13.5 Å². The van der Waals surface area contributed by atoms with E-state index in [-0.39, 0.29) is 21.9 Å². The van der Waals surface area contributed by atoms with E-state index in [2.05, 4.69) is 20.9 Å². The Hall–Kier alpha value is -0.200. The van der Waals surface area contributed by atoms with Gasteiger partial charge in [-0.15, -0.1) is 0 Å². The van der Waals surface area contributed by atoms with Gasteiger partial charge in [0.15, 0.2) is 0 Å². The molecule has 4 nitrogen and oxygen atoms in total. The first-order valence-corrected chi connectivity index (χ1v) is 5.15. The van der Waals surface area contributed by atoms with Crippen LogP contribution in [-0.4, -0.2) is 24.1 Å². The lowest BCUT2D eigenvalue weighted by atomic mass is 10.4. The van der Waals surface area contributed by atoms with Crippen LogP contribution in [-0.2, 0) is 9.84 Å². The van der Waals surface area contributed by atoms with Crippen molar-refractivity contribution in [3.63, 3.8) is 0 Å². The van der Waals surface area contributed by atoms with Crippen molar-refractivity contribution in [3.8, 4) is 0 Å². The van der Waals surface area contributed by atoms with Crippen LogP contribution in [0, 0.1) is 0 Å². The van der Waals surface area contributed by atoms with Crippen LogP contribution in [0.25, 0.3) is 0 Å². The van der Waals surface area contributed by atoms with Crippen molar-refractivity contribution >= 4 is 29.7 Å². The third-order valence-corrected chi connectivity index (χ3v) is 4.27. The highest BCUT2D eigenvalue weighted by Crippen LogP contribution is 2.22. The molecule has 0 amide bonds. The van der Waals surface area contributed by atoms with Gasteiger partial charge in [-0.3, -0.25) is 0 Å². The second-order valence-electron chi connectivity index (χ2n) is 1.95. The third-order valence-electron chi connectivity index (χ3n) is 1.24. The van der Waals surface area contributed by atoms with Crippen LogP contribution in [0.15, 0.2) is 16.1 Å². The predicted molar refractivity (Wildman–Crippen MR) is 45.1 cm³/mol. The van der Waals surface area contributed by atoms with E-state index in [1.165, 1.54) is 6.20 Å². The van der Waals surface area contributed by atoms with E-state index < -0.39 is 9.84 Å². The van der Waals surface area contributed by atoms with Crippen LogP contribution in [0.4, 0.5) is 0 Å². The molecule has 0 aromatic heterocycles. The van der Waals surface area contributed by atoms with Gasteiger partial charge in [-0.1, -0.05) is 0 Å². The van der Waals surface area contributed by atoms with Crippen molar-refractivity contribution in [2.75, 3.05) is 6.61 Å². The maximum absolute atomic E-state index is 11.1. The summed E-state index contributed by atoms with van der Waals surface area (Å²) in [7, 11) is -3.36. The van der Waals surface area contributed by atoms with Gasteiger partial charge in [-0.2, -0.15) is 0 Å². The van der Waals surface area contributed by atoms with Crippen LogP contribution in [0.3, 0.4) is 0 Å². The highest BCUT2D eigenvalue weighted by Gasteiger charge is 2.26. The number of aliphatic hydroxyl groups excluding tert-OH is 1. The molecule has 1 rings (SSSR count). The minimum absolute atomic E-state index is 0.0755. The van der Waals surface area contributed by atoms with Crippen LogP contribution < -0.4 is 0 Å². The Bertz CT molecular complexity index is 317. The van der Waals surface area contributed by atoms with E-state index in [1.807, 2.05) is 0 Å². The topological polar surface area (TPSA) is 66.7 Å². The predicted octanol–water partition coefficient (Wildman–Crippen LogP) is 0.390. The van der Waals surface area contributed by atoms with Gasteiger partial charge in [0, 0.05) is 19.2 Å². The van der Waals surface area contributed by atoms with Gasteiger partial charge in [0.1, 0.15) is 0 Å². The summed E-state index contributed by atoms with van der Waals surface area (Å²) in [5, 5.41) is 8.47. The molecule has 0 fully saturated rings. The zero-order valence-corrected chi connectivity index (χ0v) is 7.89. The van der Waals surface area contributed by atoms with Crippen molar-refractivity contribution in [2.45, 2.75) is 6.42 Å². The lowest BCUT2D eigenvalue weighted by Crippen LogP contribution is -2.07. The summed E-state index contributed by atoms with van der Waals surface area (Å²) in [5.74, 6) is 0. The van der Waals surface area contributed by atoms with Gasteiger partial charge in [-0.25, -0.2) is 13.4 Å². The summed E-state index contributed by atoms with van der Waals surface area (Å²) >= 11 is 2.80. The van der Waals surface area contributed by atoms with Crippen LogP contribution in [0.1, 0.15) is 6.42 Å². The summed E-state index contributed by atoms with van der Waals surface area (Å²) in [6, 6.07) is 0. The fourth-order valence-corrected chi connectivity index (χ4v) is 2.36.